The quantitative estimate of drug-likeness (QED) is 0.583. The Kier molecular flexibility index (Phi) is 6.35. The molecule has 152 valence electrons. The summed E-state index contributed by atoms with van der Waals surface area (Å²) in [6, 6.07) is 12.2. The molecule has 0 aliphatic heterocycles. The molecule has 2 aromatic carbocycles. The lowest BCUT2D eigenvalue weighted by Gasteiger charge is -2.15. The first-order valence-corrected chi connectivity index (χ1v) is 10.3. The monoisotopic (exact) mass is 417 g/mol. The molecule has 0 aliphatic rings. The van der Waals surface area contributed by atoms with E-state index in [1.54, 1.807) is 11.0 Å². The van der Waals surface area contributed by atoms with E-state index in [1.165, 1.54) is 24.5 Å². The summed E-state index contributed by atoms with van der Waals surface area (Å²) in [6.07, 6.45) is 2.95. The highest BCUT2D eigenvalue weighted by atomic mass is 32.2. The number of aromatic nitrogens is 3. The summed E-state index contributed by atoms with van der Waals surface area (Å²) in [4.78, 5) is 15.6. The molecule has 0 spiro atoms. The van der Waals surface area contributed by atoms with Crippen molar-refractivity contribution in [3.8, 4) is 5.69 Å². The first kappa shape index (κ1) is 20.6. The van der Waals surface area contributed by atoms with Gasteiger partial charge < -0.3 is 5.32 Å². The average molecular weight is 417 g/mol. The van der Waals surface area contributed by atoms with Crippen molar-refractivity contribution in [1.29, 1.82) is 0 Å². The van der Waals surface area contributed by atoms with E-state index in [-0.39, 0.29) is 24.9 Å². The highest BCUT2D eigenvalue weighted by molar-refractivity contribution is 7.89. The van der Waals surface area contributed by atoms with E-state index in [2.05, 4.69) is 20.1 Å². The van der Waals surface area contributed by atoms with Gasteiger partial charge in [-0.1, -0.05) is 24.3 Å². The van der Waals surface area contributed by atoms with Crippen LogP contribution in [-0.4, -0.2) is 35.6 Å². The van der Waals surface area contributed by atoms with E-state index in [9.17, 15) is 17.6 Å². The van der Waals surface area contributed by atoms with Gasteiger partial charge in [0, 0.05) is 13.0 Å². The molecule has 0 fully saturated rings. The number of carbonyl (C=O) groups excluding carboxylic acids is 1. The Morgan fingerprint density at radius 1 is 1.17 bits per heavy atom. The molecule has 3 aromatic rings. The predicted octanol–water partition coefficient (Wildman–Crippen LogP) is 1.95. The summed E-state index contributed by atoms with van der Waals surface area (Å²) >= 11 is 0. The maximum atomic E-state index is 13.6. The lowest BCUT2D eigenvalue weighted by Crippen LogP contribution is -2.32. The van der Waals surface area contributed by atoms with Crippen molar-refractivity contribution >= 4 is 15.9 Å². The zero-order chi connectivity index (χ0) is 20.9. The second-order valence-corrected chi connectivity index (χ2v) is 8.03. The Labute approximate surface area is 167 Å². The van der Waals surface area contributed by atoms with Gasteiger partial charge in [-0.25, -0.2) is 27.2 Å². The summed E-state index contributed by atoms with van der Waals surface area (Å²) in [6.45, 7) is 1.69. The van der Waals surface area contributed by atoms with Crippen molar-refractivity contribution in [3.63, 3.8) is 0 Å². The molecule has 0 unspecified atom stereocenters. The zero-order valence-electron chi connectivity index (χ0n) is 15.6. The molecular formula is C19H20FN5O3S. The molecule has 1 aromatic heterocycles. The van der Waals surface area contributed by atoms with Crippen molar-refractivity contribution in [3.05, 3.63) is 72.6 Å². The molecule has 2 N–H and O–H groups in total. The first-order chi connectivity index (χ1) is 13.9. The molecule has 0 radical (unpaired) electrons. The van der Waals surface area contributed by atoms with E-state index < -0.39 is 20.7 Å². The Morgan fingerprint density at radius 3 is 2.55 bits per heavy atom. The minimum atomic E-state index is -4.01. The van der Waals surface area contributed by atoms with E-state index >= 15 is 0 Å². The molecule has 0 saturated carbocycles. The number of sulfonamides is 1. The summed E-state index contributed by atoms with van der Waals surface area (Å²) in [5, 5.41) is 6.85. The summed E-state index contributed by atoms with van der Waals surface area (Å²) in [5.74, 6) is -1.17. The topological polar surface area (TPSA) is 106 Å². The molecule has 0 aliphatic carbocycles. The molecule has 29 heavy (non-hydrogen) atoms. The third-order valence-corrected chi connectivity index (χ3v) is 5.72. The molecular weight excluding hydrogens is 397 g/mol. The van der Waals surface area contributed by atoms with Gasteiger partial charge in [0.15, 0.2) is 0 Å². The SMILES string of the molecule is C[C@@H](NC(=O)CCNS(=O)(=O)c1ccccc1F)c1ccc(-n2cncn2)cc1. The van der Waals surface area contributed by atoms with Gasteiger partial charge in [0.05, 0.1) is 11.7 Å². The summed E-state index contributed by atoms with van der Waals surface area (Å²) < 4.78 is 41.7. The van der Waals surface area contributed by atoms with Gasteiger partial charge in [0.1, 0.15) is 23.4 Å². The van der Waals surface area contributed by atoms with Gasteiger partial charge >= 0.3 is 0 Å². The van der Waals surface area contributed by atoms with Gasteiger partial charge in [0.2, 0.25) is 15.9 Å². The van der Waals surface area contributed by atoms with Crippen molar-refractivity contribution in [2.24, 2.45) is 0 Å². The van der Waals surface area contributed by atoms with Crippen LogP contribution in [0.25, 0.3) is 5.69 Å². The molecule has 0 bridgehead atoms. The Bertz CT molecular complexity index is 1070. The molecule has 1 amide bonds. The number of halogens is 1. The van der Waals surface area contributed by atoms with Crippen molar-refractivity contribution in [2.45, 2.75) is 24.3 Å². The third-order valence-electron chi connectivity index (χ3n) is 4.22. The second kappa shape index (κ2) is 8.93. The van der Waals surface area contributed by atoms with Crippen LogP contribution in [0.4, 0.5) is 4.39 Å². The smallest absolute Gasteiger partial charge is 0.243 e. The first-order valence-electron chi connectivity index (χ1n) is 8.85. The van der Waals surface area contributed by atoms with Crippen LogP contribution >= 0.6 is 0 Å². The number of hydrogen-bond donors (Lipinski definition) is 2. The average Bonchev–Trinajstić information content (AvgIpc) is 3.23. The van der Waals surface area contributed by atoms with Crippen LogP contribution in [0.3, 0.4) is 0 Å². The standard InChI is InChI=1S/C19H20FN5O3S/c1-14(15-6-8-16(9-7-15)25-13-21-12-22-25)24-19(26)10-11-23-29(27,28)18-5-3-2-4-17(18)20/h2-9,12-14,23H,10-11H2,1H3,(H,24,26)/t14-/m1/s1. The number of hydrogen-bond acceptors (Lipinski definition) is 5. The van der Waals surface area contributed by atoms with E-state index in [1.807, 2.05) is 31.2 Å². The van der Waals surface area contributed by atoms with Crippen LogP contribution in [0.2, 0.25) is 0 Å². The molecule has 3 rings (SSSR count). The summed E-state index contributed by atoms with van der Waals surface area (Å²) in [7, 11) is -4.01. The molecule has 1 heterocycles. The largest absolute Gasteiger partial charge is 0.350 e. The fraction of sp³-hybridized carbons (Fsp3) is 0.211. The lowest BCUT2D eigenvalue weighted by atomic mass is 10.1. The number of amides is 1. The normalized spacial score (nSPS) is 12.5. The van der Waals surface area contributed by atoms with Crippen molar-refractivity contribution in [1.82, 2.24) is 24.8 Å². The van der Waals surface area contributed by atoms with Crippen LogP contribution in [0, 0.1) is 5.82 Å². The van der Waals surface area contributed by atoms with Crippen LogP contribution in [0.15, 0.2) is 66.1 Å². The molecule has 8 nitrogen and oxygen atoms in total. The van der Waals surface area contributed by atoms with E-state index in [0.29, 0.717) is 0 Å². The fourth-order valence-electron chi connectivity index (χ4n) is 2.69. The lowest BCUT2D eigenvalue weighted by molar-refractivity contribution is -0.121. The van der Waals surface area contributed by atoms with Gasteiger partial charge in [-0.3, -0.25) is 4.79 Å². The number of carbonyl (C=O) groups is 1. The number of nitrogens with zero attached hydrogens (tertiary/aromatic N) is 3. The Balaban J connectivity index is 1.51. The zero-order valence-corrected chi connectivity index (χ0v) is 16.4. The van der Waals surface area contributed by atoms with E-state index in [0.717, 1.165) is 17.3 Å². The maximum Gasteiger partial charge on any atom is 0.243 e. The minimum Gasteiger partial charge on any atom is -0.350 e. The van der Waals surface area contributed by atoms with Crippen molar-refractivity contribution < 1.29 is 17.6 Å². The van der Waals surface area contributed by atoms with Gasteiger partial charge in [-0.2, -0.15) is 5.10 Å². The maximum absolute atomic E-state index is 13.6. The fourth-order valence-corrected chi connectivity index (χ4v) is 3.80. The second-order valence-electron chi connectivity index (χ2n) is 6.30. The molecule has 10 heteroatoms. The summed E-state index contributed by atoms with van der Waals surface area (Å²) in [5.41, 5.74) is 1.72. The predicted molar refractivity (Wildman–Crippen MR) is 104 cm³/mol. The van der Waals surface area contributed by atoms with Gasteiger partial charge in [-0.05, 0) is 36.8 Å². The van der Waals surface area contributed by atoms with E-state index in [4.69, 9.17) is 0 Å². The van der Waals surface area contributed by atoms with Crippen LogP contribution < -0.4 is 10.0 Å². The third kappa shape index (κ3) is 5.24. The van der Waals surface area contributed by atoms with Gasteiger partial charge in [0.25, 0.3) is 0 Å². The van der Waals surface area contributed by atoms with Gasteiger partial charge in [-0.15, -0.1) is 0 Å². The Hall–Kier alpha value is -3.11. The van der Waals surface area contributed by atoms with Crippen LogP contribution in [0.5, 0.6) is 0 Å². The number of rotatable bonds is 8. The number of benzene rings is 2. The highest BCUT2D eigenvalue weighted by Gasteiger charge is 2.18. The Morgan fingerprint density at radius 2 is 1.90 bits per heavy atom. The van der Waals surface area contributed by atoms with Crippen LogP contribution in [-0.2, 0) is 14.8 Å². The highest BCUT2D eigenvalue weighted by Crippen LogP contribution is 2.16. The molecule has 0 saturated heterocycles. The minimum absolute atomic E-state index is 0.0743. The van der Waals surface area contributed by atoms with Crippen LogP contribution in [0.1, 0.15) is 24.9 Å². The number of nitrogens with one attached hydrogen (secondary N) is 2. The van der Waals surface area contributed by atoms with Crippen molar-refractivity contribution in [2.75, 3.05) is 6.54 Å². The molecule has 1 atom stereocenters.